The van der Waals surface area contributed by atoms with Crippen molar-refractivity contribution in [1.29, 1.82) is 0 Å². The summed E-state index contributed by atoms with van der Waals surface area (Å²) < 4.78 is 11.0. The van der Waals surface area contributed by atoms with E-state index in [0.29, 0.717) is 6.61 Å². The van der Waals surface area contributed by atoms with Crippen molar-refractivity contribution in [3.05, 3.63) is 12.2 Å². The Morgan fingerprint density at radius 1 is 0.897 bits per heavy atom. The maximum absolute atomic E-state index is 9.89. The van der Waals surface area contributed by atoms with Crippen LogP contribution in [0.4, 0.5) is 0 Å². The van der Waals surface area contributed by atoms with E-state index < -0.39 is 24.4 Å². The molecule has 1 fully saturated rings. The normalized spacial score (nSPS) is 23.2. The Balaban J connectivity index is 1.88. The fraction of sp³-hybridized carbons (Fsp3) is 0.917. The van der Waals surface area contributed by atoms with E-state index in [-0.39, 0.29) is 13.2 Å². The van der Waals surface area contributed by atoms with E-state index in [1.807, 2.05) is 0 Å². The molecular formula is C24H46O5. The predicted octanol–water partition coefficient (Wildman–Crippen LogP) is 4.52. The first-order chi connectivity index (χ1) is 14.2. The first kappa shape index (κ1) is 26.6. The lowest BCUT2D eigenvalue weighted by Gasteiger charge is -2.23. The minimum Gasteiger partial charge on any atom is -0.394 e. The molecule has 3 N–H and O–H groups in total. The lowest BCUT2D eigenvalue weighted by molar-refractivity contribution is -0.0938. The minimum atomic E-state index is -1.00. The Morgan fingerprint density at radius 2 is 1.45 bits per heavy atom. The third-order valence-corrected chi connectivity index (χ3v) is 5.70. The Hall–Kier alpha value is -0.460. The molecule has 0 aromatic heterocycles. The van der Waals surface area contributed by atoms with E-state index in [1.54, 1.807) is 0 Å². The van der Waals surface area contributed by atoms with Crippen LogP contribution in [-0.2, 0) is 9.47 Å². The summed E-state index contributed by atoms with van der Waals surface area (Å²) in [5.41, 5.74) is 0. The van der Waals surface area contributed by atoms with Crippen molar-refractivity contribution in [3.63, 3.8) is 0 Å². The number of hydrogen-bond acceptors (Lipinski definition) is 5. The van der Waals surface area contributed by atoms with E-state index in [9.17, 15) is 10.2 Å². The van der Waals surface area contributed by atoms with Crippen molar-refractivity contribution in [2.24, 2.45) is 0 Å². The van der Waals surface area contributed by atoms with Gasteiger partial charge in [0.05, 0.1) is 13.2 Å². The molecule has 0 aromatic carbocycles. The lowest BCUT2D eigenvalue weighted by Crippen LogP contribution is -2.42. The molecule has 5 nitrogen and oxygen atoms in total. The summed E-state index contributed by atoms with van der Waals surface area (Å²) in [6, 6.07) is 0. The Bertz CT molecular complexity index is 387. The summed E-state index contributed by atoms with van der Waals surface area (Å²) in [7, 11) is 0. The molecule has 4 atom stereocenters. The molecule has 172 valence electrons. The molecule has 0 aromatic rings. The molecule has 0 saturated carbocycles. The quantitative estimate of drug-likeness (QED) is 0.214. The third kappa shape index (κ3) is 12.7. The van der Waals surface area contributed by atoms with Crippen LogP contribution in [0.3, 0.4) is 0 Å². The van der Waals surface area contributed by atoms with Crippen LogP contribution >= 0.6 is 0 Å². The fourth-order valence-electron chi connectivity index (χ4n) is 3.83. The van der Waals surface area contributed by atoms with E-state index in [1.165, 1.54) is 70.6 Å². The van der Waals surface area contributed by atoms with Gasteiger partial charge in [-0.05, 0) is 32.1 Å². The van der Waals surface area contributed by atoms with Crippen LogP contribution in [-0.4, -0.2) is 59.6 Å². The van der Waals surface area contributed by atoms with Gasteiger partial charge in [-0.25, -0.2) is 0 Å². The van der Waals surface area contributed by atoms with Crippen molar-refractivity contribution in [2.45, 2.75) is 121 Å². The van der Waals surface area contributed by atoms with E-state index >= 15 is 0 Å². The summed E-state index contributed by atoms with van der Waals surface area (Å²) in [6.45, 7) is 2.58. The molecule has 0 amide bonds. The third-order valence-electron chi connectivity index (χ3n) is 5.70. The van der Waals surface area contributed by atoms with Gasteiger partial charge in [-0.1, -0.05) is 76.9 Å². The van der Waals surface area contributed by atoms with Crippen molar-refractivity contribution in [2.75, 3.05) is 19.8 Å². The van der Waals surface area contributed by atoms with Crippen LogP contribution in [0.1, 0.15) is 96.8 Å². The summed E-state index contributed by atoms with van der Waals surface area (Å²) in [5, 5.41) is 28.7. The van der Waals surface area contributed by atoms with Gasteiger partial charge in [-0.3, -0.25) is 0 Å². The lowest BCUT2D eigenvalue weighted by atomic mass is 10.1. The Kier molecular flexibility index (Phi) is 16.8. The number of aliphatic hydroxyl groups is 3. The Morgan fingerprint density at radius 3 is 2.03 bits per heavy atom. The molecule has 0 aliphatic carbocycles. The standard InChI is InChI=1S/C24H46O5/c1-2-3-4-5-6-7-8-9-10-11-12-13-14-15-16-17-18-28-24-22(27)20-29-23(24)21(26)19-25/h11-12,21-27H,2-10,13-20H2,1H3/b12-11+/t21-,22+,23+,24+/m1/s1. The van der Waals surface area contributed by atoms with E-state index in [2.05, 4.69) is 19.1 Å². The van der Waals surface area contributed by atoms with Crippen molar-refractivity contribution < 1.29 is 24.8 Å². The number of ether oxygens (including phenoxy) is 2. The van der Waals surface area contributed by atoms with Crippen LogP contribution in [0.5, 0.6) is 0 Å². The molecule has 1 heterocycles. The second-order valence-corrected chi connectivity index (χ2v) is 8.39. The monoisotopic (exact) mass is 414 g/mol. The molecule has 29 heavy (non-hydrogen) atoms. The zero-order valence-electron chi connectivity index (χ0n) is 18.6. The molecule has 0 bridgehead atoms. The second-order valence-electron chi connectivity index (χ2n) is 8.39. The number of aliphatic hydroxyl groups excluding tert-OH is 3. The van der Waals surface area contributed by atoms with Crippen molar-refractivity contribution in [1.82, 2.24) is 0 Å². The SMILES string of the molecule is CCCCCCCCCC/C=C/CCCCCCO[C@@H]1[C@H]([C@H](O)CO)OC[C@@H]1O. The minimum absolute atomic E-state index is 0.150. The average molecular weight is 415 g/mol. The van der Waals surface area contributed by atoms with Gasteiger partial charge in [0.25, 0.3) is 0 Å². The first-order valence-corrected chi connectivity index (χ1v) is 12.1. The van der Waals surface area contributed by atoms with E-state index in [0.717, 1.165) is 19.3 Å². The molecule has 0 unspecified atom stereocenters. The second kappa shape index (κ2) is 18.3. The molecule has 5 heteroatoms. The van der Waals surface area contributed by atoms with Crippen LogP contribution in [0.15, 0.2) is 12.2 Å². The van der Waals surface area contributed by atoms with Crippen LogP contribution in [0, 0.1) is 0 Å². The molecule has 1 aliphatic rings. The van der Waals surface area contributed by atoms with Gasteiger partial charge >= 0.3 is 0 Å². The topological polar surface area (TPSA) is 79.2 Å². The molecule has 1 aliphatic heterocycles. The van der Waals surface area contributed by atoms with Gasteiger partial charge in [0.1, 0.15) is 24.4 Å². The average Bonchev–Trinajstić information content (AvgIpc) is 3.10. The Labute approximate surface area is 178 Å². The number of allylic oxidation sites excluding steroid dienone is 2. The molecule has 1 saturated heterocycles. The highest BCUT2D eigenvalue weighted by Crippen LogP contribution is 2.21. The van der Waals surface area contributed by atoms with Gasteiger partial charge in [0.2, 0.25) is 0 Å². The first-order valence-electron chi connectivity index (χ1n) is 12.1. The molecular weight excluding hydrogens is 368 g/mol. The summed E-state index contributed by atoms with van der Waals surface area (Å²) >= 11 is 0. The fourth-order valence-corrected chi connectivity index (χ4v) is 3.83. The number of rotatable bonds is 19. The number of unbranched alkanes of at least 4 members (excludes halogenated alkanes) is 12. The zero-order chi connectivity index (χ0) is 21.2. The van der Waals surface area contributed by atoms with Gasteiger partial charge < -0.3 is 24.8 Å². The number of hydrogen-bond donors (Lipinski definition) is 3. The van der Waals surface area contributed by atoms with Gasteiger partial charge in [0.15, 0.2) is 0 Å². The smallest absolute Gasteiger partial charge is 0.114 e. The van der Waals surface area contributed by atoms with Gasteiger partial charge in [-0.2, -0.15) is 0 Å². The molecule has 1 rings (SSSR count). The van der Waals surface area contributed by atoms with Crippen molar-refractivity contribution >= 4 is 0 Å². The summed E-state index contributed by atoms with van der Waals surface area (Å²) in [5.74, 6) is 0. The molecule has 0 radical (unpaired) electrons. The molecule has 0 spiro atoms. The highest BCUT2D eigenvalue weighted by molar-refractivity contribution is 4.89. The van der Waals surface area contributed by atoms with Gasteiger partial charge in [-0.15, -0.1) is 0 Å². The van der Waals surface area contributed by atoms with Crippen LogP contribution in [0.25, 0.3) is 0 Å². The zero-order valence-corrected chi connectivity index (χ0v) is 18.6. The maximum atomic E-state index is 9.89. The van der Waals surface area contributed by atoms with Gasteiger partial charge in [0, 0.05) is 6.61 Å². The summed E-state index contributed by atoms with van der Waals surface area (Å²) in [6.07, 6.45) is 19.6. The predicted molar refractivity (Wildman–Crippen MR) is 118 cm³/mol. The van der Waals surface area contributed by atoms with E-state index in [4.69, 9.17) is 14.6 Å². The highest BCUT2D eigenvalue weighted by atomic mass is 16.6. The van der Waals surface area contributed by atoms with Crippen LogP contribution < -0.4 is 0 Å². The summed E-state index contributed by atoms with van der Waals surface area (Å²) in [4.78, 5) is 0. The van der Waals surface area contributed by atoms with Crippen molar-refractivity contribution in [3.8, 4) is 0 Å². The van der Waals surface area contributed by atoms with Crippen LogP contribution in [0.2, 0.25) is 0 Å². The highest BCUT2D eigenvalue weighted by Gasteiger charge is 2.40. The largest absolute Gasteiger partial charge is 0.394 e. The maximum Gasteiger partial charge on any atom is 0.114 e.